The van der Waals surface area contributed by atoms with E-state index >= 15 is 0 Å². The zero-order chi connectivity index (χ0) is 15.4. The van der Waals surface area contributed by atoms with E-state index in [0.29, 0.717) is 23.6 Å². The third kappa shape index (κ3) is 4.46. The summed E-state index contributed by atoms with van der Waals surface area (Å²) in [5.41, 5.74) is 6.58. The standard InChI is InChI=1S/C16H24FN3S/c1-12(2)10-19-6-8-20(9-7-19)11-13-4-3-5-14(15(13)17)16(18)21/h3-5,12H,6-11H2,1-2H3,(H2,18,21). The first kappa shape index (κ1) is 16.3. The number of halogens is 1. The molecule has 0 aromatic heterocycles. The highest BCUT2D eigenvalue weighted by molar-refractivity contribution is 7.80. The lowest BCUT2D eigenvalue weighted by Crippen LogP contribution is -2.47. The van der Waals surface area contributed by atoms with E-state index < -0.39 is 0 Å². The molecule has 0 saturated carbocycles. The van der Waals surface area contributed by atoms with Gasteiger partial charge >= 0.3 is 0 Å². The van der Waals surface area contributed by atoms with Gasteiger partial charge in [0.1, 0.15) is 10.8 Å². The normalized spacial score (nSPS) is 17.3. The maximum atomic E-state index is 14.3. The predicted octanol–water partition coefficient (Wildman–Crippen LogP) is 2.23. The average molecular weight is 309 g/mol. The number of rotatable bonds is 5. The molecular formula is C16H24FN3S. The van der Waals surface area contributed by atoms with Gasteiger partial charge in [-0.2, -0.15) is 0 Å². The summed E-state index contributed by atoms with van der Waals surface area (Å²) in [5.74, 6) is 0.422. The van der Waals surface area contributed by atoms with E-state index in [9.17, 15) is 4.39 Å². The monoisotopic (exact) mass is 309 g/mol. The van der Waals surface area contributed by atoms with Crippen molar-refractivity contribution in [1.29, 1.82) is 0 Å². The molecule has 1 heterocycles. The fourth-order valence-corrected chi connectivity index (χ4v) is 2.94. The summed E-state index contributed by atoms with van der Waals surface area (Å²) in [6.45, 7) is 10.3. The third-order valence-electron chi connectivity index (χ3n) is 3.83. The number of hydrogen-bond acceptors (Lipinski definition) is 3. The van der Waals surface area contributed by atoms with Crippen molar-refractivity contribution >= 4 is 17.2 Å². The fraction of sp³-hybridized carbons (Fsp3) is 0.562. The summed E-state index contributed by atoms with van der Waals surface area (Å²) in [6.07, 6.45) is 0. The Morgan fingerprint density at radius 1 is 1.24 bits per heavy atom. The van der Waals surface area contributed by atoms with E-state index in [1.807, 2.05) is 12.1 Å². The van der Waals surface area contributed by atoms with Crippen molar-refractivity contribution in [3.05, 3.63) is 35.1 Å². The van der Waals surface area contributed by atoms with Crippen LogP contribution in [-0.4, -0.2) is 47.5 Å². The van der Waals surface area contributed by atoms with Crippen LogP contribution in [-0.2, 0) is 6.54 Å². The second-order valence-electron chi connectivity index (χ2n) is 6.11. The van der Waals surface area contributed by atoms with Crippen LogP contribution < -0.4 is 5.73 Å². The lowest BCUT2D eigenvalue weighted by Gasteiger charge is -2.35. The average Bonchev–Trinajstić information content (AvgIpc) is 2.42. The lowest BCUT2D eigenvalue weighted by molar-refractivity contribution is 0.116. The second kappa shape index (κ2) is 7.29. The summed E-state index contributed by atoms with van der Waals surface area (Å²) >= 11 is 4.89. The fourth-order valence-electron chi connectivity index (χ4n) is 2.78. The van der Waals surface area contributed by atoms with Gasteiger partial charge in [-0.05, 0) is 12.0 Å². The number of nitrogens with zero attached hydrogens (tertiary/aromatic N) is 2. The number of nitrogens with two attached hydrogens (primary N) is 1. The Kier molecular flexibility index (Phi) is 5.67. The molecule has 0 bridgehead atoms. The van der Waals surface area contributed by atoms with Crippen molar-refractivity contribution in [1.82, 2.24) is 9.80 Å². The zero-order valence-electron chi connectivity index (χ0n) is 12.8. The summed E-state index contributed by atoms with van der Waals surface area (Å²) in [7, 11) is 0. The van der Waals surface area contributed by atoms with Crippen LogP contribution in [0.3, 0.4) is 0 Å². The predicted molar refractivity (Wildman–Crippen MR) is 88.8 cm³/mol. The molecular weight excluding hydrogens is 285 g/mol. The van der Waals surface area contributed by atoms with Crippen LogP contribution in [0, 0.1) is 11.7 Å². The van der Waals surface area contributed by atoms with E-state index in [2.05, 4.69) is 23.6 Å². The quantitative estimate of drug-likeness (QED) is 0.846. The van der Waals surface area contributed by atoms with E-state index in [1.165, 1.54) is 0 Å². The first-order valence-electron chi connectivity index (χ1n) is 7.49. The van der Waals surface area contributed by atoms with Crippen LogP contribution >= 0.6 is 12.2 Å². The van der Waals surface area contributed by atoms with Crippen molar-refractivity contribution in [2.75, 3.05) is 32.7 Å². The number of thiocarbonyl (C=S) groups is 1. The highest BCUT2D eigenvalue weighted by Gasteiger charge is 2.19. The van der Waals surface area contributed by atoms with Gasteiger partial charge in [0.15, 0.2) is 0 Å². The van der Waals surface area contributed by atoms with E-state index in [4.69, 9.17) is 18.0 Å². The number of piperazine rings is 1. The van der Waals surface area contributed by atoms with Crippen molar-refractivity contribution in [3.63, 3.8) is 0 Å². The molecule has 0 unspecified atom stereocenters. The van der Waals surface area contributed by atoms with Crippen LogP contribution in [0.5, 0.6) is 0 Å². The molecule has 3 nitrogen and oxygen atoms in total. The largest absolute Gasteiger partial charge is 0.389 e. The summed E-state index contributed by atoms with van der Waals surface area (Å²) in [5, 5.41) is 0. The molecule has 1 saturated heterocycles. The Morgan fingerprint density at radius 2 is 1.86 bits per heavy atom. The van der Waals surface area contributed by atoms with Crippen molar-refractivity contribution < 1.29 is 4.39 Å². The molecule has 0 aliphatic carbocycles. The first-order chi connectivity index (χ1) is 9.97. The van der Waals surface area contributed by atoms with Gasteiger partial charge in [0.25, 0.3) is 0 Å². The smallest absolute Gasteiger partial charge is 0.137 e. The van der Waals surface area contributed by atoms with Gasteiger partial charge in [-0.1, -0.05) is 38.2 Å². The van der Waals surface area contributed by atoms with Gasteiger partial charge in [-0.15, -0.1) is 0 Å². The van der Waals surface area contributed by atoms with Crippen LogP contribution in [0.2, 0.25) is 0 Å². The van der Waals surface area contributed by atoms with E-state index in [0.717, 1.165) is 32.7 Å². The van der Waals surface area contributed by atoms with Gasteiger partial charge in [-0.3, -0.25) is 4.90 Å². The van der Waals surface area contributed by atoms with Crippen LogP contribution in [0.15, 0.2) is 18.2 Å². The molecule has 0 radical (unpaired) electrons. The molecule has 5 heteroatoms. The third-order valence-corrected chi connectivity index (χ3v) is 4.05. The highest BCUT2D eigenvalue weighted by atomic mass is 32.1. The summed E-state index contributed by atoms with van der Waals surface area (Å²) < 4.78 is 14.3. The second-order valence-corrected chi connectivity index (χ2v) is 6.55. The molecule has 1 aromatic rings. The zero-order valence-corrected chi connectivity index (χ0v) is 13.6. The topological polar surface area (TPSA) is 32.5 Å². The SMILES string of the molecule is CC(C)CN1CCN(Cc2cccc(C(N)=S)c2F)CC1. The minimum Gasteiger partial charge on any atom is -0.389 e. The molecule has 21 heavy (non-hydrogen) atoms. The van der Waals surface area contributed by atoms with E-state index in [1.54, 1.807) is 6.07 Å². The summed E-state index contributed by atoms with van der Waals surface area (Å²) in [6, 6.07) is 5.28. The molecule has 1 aliphatic rings. The van der Waals surface area contributed by atoms with Crippen molar-refractivity contribution in [3.8, 4) is 0 Å². The Bertz CT molecular complexity index is 496. The van der Waals surface area contributed by atoms with Crippen LogP contribution in [0.25, 0.3) is 0 Å². The number of hydrogen-bond donors (Lipinski definition) is 1. The van der Waals surface area contributed by atoms with Crippen molar-refractivity contribution in [2.45, 2.75) is 20.4 Å². The molecule has 1 aromatic carbocycles. The van der Waals surface area contributed by atoms with Gasteiger partial charge in [0, 0.05) is 50.4 Å². The minimum absolute atomic E-state index is 0.121. The first-order valence-corrected chi connectivity index (χ1v) is 7.90. The van der Waals surface area contributed by atoms with E-state index in [-0.39, 0.29) is 10.8 Å². The van der Waals surface area contributed by atoms with Gasteiger partial charge in [-0.25, -0.2) is 4.39 Å². The molecule has 2 rings (SSSR count). The summed E-state index contributed by atoms with van der Waals surface area (Å²) in [4.78, 5) is 4.89. The Morgan fingerprint density at radius 3 is 2.43 bits per heavy atom. The van der Waals surface area contributed by atoms with Crippen LogP contribution in [0.4, 0.5) is 4.39 Å². The number of benzene rings is 1. The van der Waals surface area contributed by atoms with Gasteiger partial charge < -0.3 is 10.6 Å². The van der Waals surface area contributed by atoms with Gasteiger partial charge in [0.05, 0.1) is 0 Å². The Hall–Kier alpha value is -1.04. The Labute approximate surface area is 131 Å². The maximum absolute atomic E-state index is 14.3. The van der Waals surface area contributed by atoms with Gasteiger partial charge in [0.2, 0.25) is 0 Å². The molecule has 1 aliphatic heterocycles. The molecule has 2 N–H and O–H groups in total. The molecule has 116 valence electrons. The lowest BCUT2D eigenvalue weighted by atomic mass is 10.1. The molecule has 0 amide bonds. The molecule has 0 spiro atoms. The van der Waals surface area contributed by atoms with Crippen molar-refractivity contribution in [2.24, 2.45) is 11.7 Å². The molecule has 1 fully saturated rings. The maximum Gasteiger partial charge on any atom is 0.137 e. The highest BCUT2D eigenvalue weighted by Crippen LogP contribution is 2.16. The minimum atomic E-state index is -0.269. The van der Waals surface area contributed by atoms with Crippen LogP contribution in [0.1, 0.15) is 25.0 Å². The Balaban J connectivity index is 1.95. The molecule has 0 atom stereocenters.